The van der Waals surface area contributed by atoms with Gasteiger partial charge in [0.05, 0.1) is 4.92 Å². The van der Waals surface area contributed by atoms with Gasteiger partial charge in [-0.3, -0.25) is 14.9 Å². The van der Waals surface area contributed by atoms with Gasteiger partial charge in [0, 0.05) is 32.4 Å². The molecule has 3 rings (SSSR count). The fourth-order valence-corrected chi connectivity index (χ4v) is 2.94. The van der Waals surface area contributed by atoms with Gasteiger partial charge in [-0.15, -0.1) is 0 Å². The fourth-order valence-electron chi connectivity index (χ4n) is 2.94. The number of nitro benzene ring substituents is 1. The lowest BCUT2D eigenvalue weighted by atomic mass is 10.00. The van der Waals surface area contributed by atoms with Gasteiger partial charge in [-0.05, 0) is 24.3 Å². The first kappa shape index (κ1) is 13.1. The Labute approximate surface area is 116 Å². The molecule has 1 fully saturated rings. The Morgan fingerprint density at radius 3 is 2.80 bits per heavy atom. The molecule has 2 aliphatic heterocycles. The van der Waals surface area contributed by atoms with Gasteiger partial charge in [0.15, 0.2) is 0 Å². The van der Waals surface area contributed by atoms with E-state index in [2.05, 4.69) is 0 Å². The zero-order valence-corrected chi connectivity index (χ0v) is 11.1. The number of hydrogen-bond donors (Lipinski definition) is 0. The predicted molar refractivity (Wildman–Crippen MR) is 71.4 cm³/mol. The number of nitro groups is 1. The van der Waals surface area contributed by atoms with Crippen molar-refractivity contribution < 1.29 is 14.5 Å². The average molecular weight is 276 g/mol. The molecular formula is C14H16N2O4. The number of nitrogens with zero attached hydrogens (tertiary/aromatic N) is 2. The molecule has 0 bridgehead atoms. The van der Waals surface area contributed by atoms with Crippen LogP contribution < -0.4 is 0 Å². The Balaban J connectivity index is 1.80. The number of ether oxygens (including phenoxy) is 1. The maximum absolute atomic E-state index is 12.4. The third-order valence-corrected chi connectivity index (χ3v) is 4.01. The van der Waals surface area contributed by atoms with Crippen LogP contribution in [0.3, 0.4) is 0 Å². The number of hydrogen-bond acceptors (Lipinski definition) is 4. The summed E-state index contributed by atoms with van der Waals surface area (Å²) >= 11 is 0. The summed E-state index contributed by atoms with van der Waals surface area (Å²) in [6.45, 7) is 2.61. The molecule has 1 saturated heterocycles. The van der Waals surface area contributed by atoms with Crippen molar-refractivity contribution in [3.8, 4) is 0 Å². The molecule has 106 valence electrons. The second-order valence-corrected chi connectivity index (χ2v) is 5.31. The van der Waals surface area contributed by atoms with Crippen molar-refractivity contribution in [2.45, 2.75) is 19.4 Å². The van der Waals surface area contributed by atoms with Gasteiger partial charge in [-0.1, -0.05) is 12.1 Å². The second-order valence-electron chi connectivity index (χ2n) is 5.31. The molecule has 2 heterocycles. The summed E-state index contributed by atoms with van der Waals surface area (Å²) in [7, 11) is 0. The highest BCUT2D eigenvalue weighted by Gasteiger charge is 2.35. The smallest absolute Gasteiger partial charge is 0.282 e. The van der Waals surface area contributed by atoms with Crippen LogP contribution in [0.1, 0.15) is 28.8 Å². The summed E-state index contributed by atoms with van der Waals surface area (Å²) in [5, 5.41) is 11.0. The Morgan fingerprint density at radius 2 is 2.10 bits per heavy atom. The maximum Gasteiger partial charge on any atom is 0.282 e. The van der Waals surface area contributed by atoms with Gasteiger partial charge in [0.1, 0.15) is 5.56 Å². The maximum atomic E-state index is 12.4. The molecule has 6 heteroatoms. The standard InChI is InChI=1S/C14H16N2O4/c17-14-13-11(2-1-3-12(13)16(18)19)9-15(14)8-10-4-6-20-7-5-10/h1-3,10H,4-9H2. The minimum absolute atomic E-state index is 0.0815. The molecule has 20 heavy (non-hydrogen) atoms. The Kier molecular flexibility index (Phi) is 3.40. The van der Waals surface area contributed by atoms with Crippen LogP contribution in [0.2, 0.25) is 0 Å². The molecule has 0 unspecified atom stereocenters. The highest BCUT2D eigenvalue weighted by Crippen LogP contribution is 2.31. The molecule has 1 aromatic rings. The first-order chi connectivity index (χ1) is 9.66. The van der Waals surface area contributed by atoms with Crippen LogP contribution in [0.25, 0.3) is 0 Å². The molecule has 1 aromatic carbocycles. The normalized spacial score (nSPS) is 19.2. The molecule has 0 aliphatic carbocycles. The second kappa shape index (κ2) is 5.20. The van der Waals surface area contributed by atoms with E-state index in [0.717, 1.165) is 31.6 Å². The Hall–Kier alpha value is -1.95. The number of fused-ring (bicyclic) bond motifs is 1. The Morgan fingerprint density at radius 1 is 1.35 bits per heavy atom. The van der Waals surface area contributed by atoms with Crippen LogP contribution in [-0.2, 0) is 11.3 Å². The van der Waals surface area contributed by atoms with Crippen molar-refractivity contribution in [3.63, 3.8) is 0 Å². The SMILES string of the molecule is O=C1c2c(cccc2[N+](=O)[O-])CN1CC1CCOCC1. The van der Waals surface area contributed by atoms with Gasteiger partial charge < -0.3 is 9.64 Å². The van der Waals surface area contributed by atoms with Gasteiger partial charge in [-0.25, -0.2) is 0 Å². The summed E-state index contributed by atoms with van der Waals surface area (Å²) in [6.07, 6.45) is 1.89. The van der Waals surface area contributed by atoms with Crippen molar-refractivity contribution >= 4 is 11.6 Å². The van der Waals surface area contributed by atoms with E-state index in [-0.39, 0.29) is 17.2 Å². The molecule has 0 aromatic heterocycles. The fraction of sp³-hybridized carbons (Fsp3) is 0.500. The number of carbonyl (C=O) groups excluding carboxylic acids is 1. The lowest BCUT2D eigenvalue weighted by Crippen LogP contribution is -2.32. The largest absolute Gasteiger partial charge is 0.381 e. The van der Waals surface area contributed by atoms with Gasteiger partial charge in [-0.2, -0.15) is 0 Å². The highest BCUT2D eigenvalue weighted by atomic mass is 16.6. The van der Waals surface area contributed by atoms with Crippen molar-refractivity contribution in [2.75, 3.05) is 19.8 Å². The van der Waals surface area contributed by atoms with E-state index in [1.54, 1.807) is 17.0 Å². The van der Waals surface area contributed by atoms with Crippen LogP contribution in [0.15, 0.2) is 18.2 Å². The molecule has 0 saturated carbocycles. The Bertz CT molecular complexity index is 552. The van der Waals surface area contributed by atoms with Crippen LogP contribution in [0.5, 0.6) is 0 Å². The third kappa shape index (κ3) is 2.27. The first-order valence-corrected chi connectivity index (χ1v) is 6.80. The van der Waals surface area contributed by atoms with E-state index >= 15 is 0 Å². The molecule has 0 radical (unpaired) electrons. The first-order valence-electron chi connectivity index (χ1n) is 6.80. The summed E-state index contributed by atoms with van der Waals surface area (Å²) in [5.41, 5.74) is 0.947. The van der Waals surface area contributed by atoms with E-state index in [1.807, 2.05) is 0 Å². The third-order valence-electron chi connectivity index (χ3n) is 4.01. The van der Waals surface area contributed by atoms with Crippen LogP contribution in [0, 0.1) is 16.0 Å². The van der Waals surface area contributed by atoms with Crippen molar-refractivity contribution in [1.82, 2.24) is 4.90 Å². The number of benzene rings is 1. The quantitative estimate of drug-likeness (QED) is 0.625. The van der Waals surface area contributed by atoms with Gasteiger partial charge in [0.25, 0.3) is 11.6 Å². The summed E-state index contributed by atoms with van der Waals surface area (Å²) < 4.78 is 5.31. The minimum Gasteiger partial charge on any atom is -0.381 e. The monoisotopic (exact) mass is 276 g/mol. The number of rotatable bonds is 3. The average Bonchev–Trinajstić information content (AvgIpc) is 2.77. The molecule has 0 atom stereocenters. The lowest BCUT2D eigenvalue weighted by Gasteiger charge is -2.26. The van der Waals surface area contributed by atoms with E-state index in [9.17, 15) is 14.9 Å². The van der Waals surface area contributed by atoms with E-state index in [4.69, 9.17) is 4.74 Å². The van der Waals surface area contributed by atoms with Crippen molar-refractivity contribution in [3.05, 3.63) is 39.4 Å². The zero-order valence-electron chi connectivity index (χ0n) is 11.1. The van der Waals surface area contributed by atoms with E-state index < -0.39 is 4.92 Å². The van der Waals surface area contributed by atoms with Crippen LogP contribution >= 0.6 is 0 Å². The highest BCUT2D eigenvalue weighted by molar-refractivity contribution is 6.02. The topological polar surface area (TPSA) is 72.7 Å². The lowest BCUT2D eigenvalue weighted by molar-refractivity contribution is -0.385. The van der Waals surface area contributed by atoms with Crippen molar-refractivity contribution in [2.24, 2.45) is 5.92 Å². The molecule has 0 N–H and O–H groups in total. The number of amides is 1. The van der Waals surface area contributed by atoms with Crippen molar-refractivity contribution in [1.29, 1.82) is 0 Å². The molecule has 0 spiro atoms. The molecular weight excluding hydrogens is 260 g/mol. The zero-order chi connectivity index (χ0) is 14.1. The number of carbonyl (C=O) groups is 1. The van der Waals surface area contributed by atoms with Gasteiger partial charge >= 0.3 is 0 Å². The minimum atomic E-state index is -0.477. The summed E-state index contributed by atoms with van der Waals surface area (Å²) in [5.74, 6) is 0.222. The van der Waals surface area contributed by atoms with E-state index in [1.165, 1.54) is 6.07 Å². The van der Waals surface area contributed by atoms with Crippen LogP contribution in [-0.4, -0.2) is 35.5 Å². The predicted octanol–water partition coefficient (Wildman–Crippen LogP) is 1.98. The summed E-state index contributed by atoms with van der Waals surface area (Å²) in [6, 6.07) is 4.83. The van der Waals surface area contributed by atoms with Gasteiger partial charge in [0.2, 0.25) is 0 Å². The molecule has 6 nitrogen and oxygen atoms in total. The van der Waals surface area contributed by atoms with Crippen LogP contribution in [0.4, 0.5) is 5.69 Å². The molecule has 1 amide bonds. The van der Waals surface area contributed by atoms with E-state index in [0.29, 0.717) is 19.0 Å². The summed E-state index contributed by atoms with van der Waals surface area (Å²) in [4.78, 5) is 24.7. The molecule has 2 aliphatic rings.